The highest BCUT2D eigenvalue weighted by atomic mass is 32.1. The molecule has 2 aromatic carbocycles. The van der Waals surface area contributed by atoms with Gasteiger partial charge in [-0.2, -0.15) is 5.10 Å². The van der Waals surface area contributed by atoms with Crippen LogP contribution in [0.5, 0.6) is 5.75 Å². The molecular formula is C21H15N5OS. The minimum absolute atomic E-state index is 0.806. The average molecular weight is 385 g/mol. The van der Waals surface area contributed by atoms with E-state index in [1.807, 2.05) is 41.9 Å². The average Bonchev–Trinajstić information content (AvgIpc) is 3.42. The summed E-state index contributed by atoms with van der Waals surface area (Å²) in [6, 6.07) is 12.1. The van der Waals surface area contributed by atoms with Crippen molar-refractivity contribution in [2.75, 3.05) is 7.11 Å². The Morgan fingerprint density at radius 1 is 1.11 bits per heavy atom. The number of aromatic nitrogens is 5. The topological polar surface area (TPSA) is 68.1 Å². The van der Waals surface area contributed by atoms with Crippen molar-refractivity contribution in [3.63, 3.8) is 0 Å². The number of pyridine rings is 1. The molecule has 7 heteroatoms. The highest BCUT2D eigenvalue weighted by Crippen LogP contribution is 2.43. The minimum Gasteiger partial charge on any atom is -0.496 e. The van der Waals surface area contributed by atoms with E-state index in [2.05, 4.69) is 27.2 Å². The number of nitrogens with one attached hydrogen (secondary N) is 1. The summed E-state index contributed by atoms with van der Waals surface area (Å²) >= 11 is 1.66. The number of ether oxygens (including phenoxy) is 1. The summed E-state index contributed by atoms with van der Waals surface area (Å²) in [5, 5.41) is 7.63. The van der Waals surface area contributed by atoms with Gasteiger partial charge >= 0.3 is 0 Å². The smallest absolute Gasteiger partial charge is 0.128 e. The van der Waals surface area contributed by atoms with E-state index >= 15 is 0 Å². The third-order valence-electron chi connectivity index (χ3n) is 5.16. The van der Waals surface area contributed by atoms with Crippen LogP contribution in [-0.2, 0) is 0 Å². The fourth-order valence-corrected chi connectivity index (χ4v) is 5.15. The molecule has 6 nitrogen and oxygen atoms in total. The Labute approximate surface area is 163 Å². The number of hydrogen-bond donors (Lipinski definition) is 1. The summed E-state index contributed by atoms with van der Waals surface area (Å²) in [5.41, 5.74) is 5.96. The molecule has 6 rings (SSSR count). The van der Waals surface area contributed by atoms with Gasteiger partial charge in [-0.15, -0.1) is 11.3 Å². The van der Waals surface area contributed by atoms with E-state index in [9.17, 15) is 0 Å². The summed E-state index contributed by atoms with van der Waals surface area (Å²) in [4.78, 5) is 12.9. The predicted octanol–water partition coefficient (Wildman–Crippen LogP) is 4.96. The van der Waals surface area contributed by atoms with Crippen LogP contribution in [0.15, 0.2) is 48.9 Å². The van der Waals surface area contributed by atoms with Crippen LogP contribution in [-0.4, -0.2) is 31.7 Å². The predicted molar refractivity (Wildman–Crippen MR) is 112 cm³/mol. The number of methoxy groups -OCH3 is 1. The van der Waals surface area contributed by atoms with Gasteiger partial charge < -0.3 is 9.72 Å². The maximum Gasteiger partial charge on any atom is 0.128 e. The van der Waals surface area contributed by atoms with Crippen LogP contribution in [0.1, 0.15) is 5.69 Å². The van der Waals surface area contributed by atoms with E-state index in [0.29, 0.717) is 0 Å². The van der Waals surface area contributed by atoms with Crippen LogP contribution >= 0.6 is 11.3 Å². The molecule has 0 spiro atoms. The van der Waals surface area contributed by atoms with Crippen molar-refractivity contribution in [1.82, 2.24) is 24.6 Å². The third-order valence-corrected chi connectivity index (χ3v) is 6.25. The zero-order valence-electron chi connectivity index (χ0n) is 15.2. The summed E-state index contributed by atoms with van der Waals surface area (Å²) in [6.45, 7) is 2.03. The van der Waals surface area contributed by atoms with Gasteiger partial charge in [0.05, 0.1) is 56.8 Å². The van der Waals surface area contributed by atoms with Gasteiger partial charge in [-0.25, -0.2) is 14.5 Å². The van der Waals surface area contributed by atoms with Gasteiger partial charge in [-0.3, -0.25) is 0 Å². The van der Waals surface area contributed by atoms with E-state index in [4.69, 9.17) is 9.72 Å². The number of benzene rings is 2. The third kappa shape index (κ3) is 1.94. The highest BCUT2D eigenvalue weighted by Gasteiger charge is 2.21. The Morgan fingerprint density at radius 2 is 2.04 bits per heavy atom. The molecule has 6 aromatic rings. The normalized spacial score (nSPS) is 11.9. The fourth-order valence-electron chi connectivity index (χ4n) is 3.96. The number of H-pyrrole nitrogens is 1. The summed E-state index contributed by atoms with van der Waals surface area (Å²) < 4.78 is 8.65. The van der Waals surface area contributed by atoms with E-state index < -0.39 is 0 Å². The number of aryl methyl sites for hydroxylation is 1. The van der Waals surface area contributed by atoms with E-state index in [1.54, 1.807) is 24.8 Å². The lowest BCUT2D eigenvalue weighted by Crippen LogP contribution is -1.87. The number of aromatic amines is 1. The van der Waals surface area contributed by atoms with E-state index in [0.717, 1.165) is 59.6 Å². The van der Waals surface area contributed by atoms with Crippen LogP contribution in [0.25, 0.3) is 48.1 Å². The standard InChI is InChI=1S/C21H15N5OS/c1-11-15(13-7-3-4-9-26(13)25-11)21-24-18-16-12(6-5-8-14(16)27-2)17-19(20(18)28-21)23-10-22-17/h3-10H,1-2H3,(H,22,23). The number of imidazole rings is 1. The van der Waals surface area contributed by atoms with E-state index in [1.165, 1.54) is 0 Å². The number of fused-ring (bicyclic) bond motifs is 7. The number of hydrogen-bond acceptors (Lipinski definition) is 5. The molecule has 0 atom stereocenters. The Kier molecular flexibility index (Phi) is 3.08. The quantitative estimate of drug-likeness (QED) is 0.457. The van der Waals surface area contributed by atoms with E-state index in [-0.39, 0.29) is 0 Å². The molecule has 0 amide bonds. The Bertz CT molecular complexity index is 1520. The van der Waals surface area contributed by atoms with Crippen LogP contribution < -0.4 is 4.74 Å². The minimum atomic E-state index is 0.806. The summed E-state index contributed by atoms with van der Waals surface area (Å²) in [5.74, 6) is 0.806. The van der Waals surface area contributed by atoms with Crippen molar-refractivity contribution < 1.29 is 4.74 Å². The molecule has 0 saturated carbocycles. The van der Waals surface area contributed by atoms with Crippen molar-refractivity contribution >= 4 is 48.9 Å². The van der Waals surface area contributed by atoms with Crippen molar-refractivity contribution in [3.05, 3.63) is 54.6 Å². The largest absolute Gasteiger partial charge is 0.496 e. The lowest BCUT2D eigenvalue weighted by molar-refractivity contribution is 0.420. The van der Waals surface area contributed by atoms with Crippen molar-refractivity contribution in [2.24, 2.45) is 0 Å². The van der Waals surface area contributed by atoms with Crippen LogP contribution in [0.3, 0.4) is 0 Å². The fraction of sp³-hybridized carbons (Fsp3) is 0.0952. The molecule has 0 radical (unpaired) electrons. The number of rotatable bonds is 2. The molecule has 4 heterocycles. The first-order chi connectivity index (χ1) is 13.8. The second-order valence-electron chi connectivity index (χ2n) is 6.70. The maximum atomic E-state index is 5.67. The highest BCUT2D eigenvalue weighted by molar-refractivity contribution is 7.22. The molecule has 1 N–H and O–H groups in total. The molecular weight excluding hydrogens is 370 g/mol. The first-order valence-corrected chi connectivity index (χ1v) is 9.74. The molecule has 136 valence electrons. The van der Waals surface area contributed by atoms with Crippen molar-refractivity contribution in [1.29, 1.82) is 0 Å². The van der Waals surface area contributed by atoms with Crippen LogP contribution in [0.2, 0.25) is 0 Å². The molecule has 0 bridgehead atoms. The summed E-state index contributed by atoms with van der Waals surface area (Å²) in [7, 11) is 1.69. The number of thiazole rings is 1. The van der Waals surface area contributed by atoms with Gasteiger partial charge in [0, 0.05) is 11.6 Å². The Morgan fingerprint density at radius 3 is 2.93 bits per heavy atom. The molecule has 0 aliphatic carbocycles. The van der Waals surface area contributed by atoms with Gasteiger partial charge in [0.25, 0.3) is 0 Å². The Balaban J connectivity index is 1.80. The van der Waals surface area contributed by atoms with Crippen LogP contribution in [0.4, 0.5) is 0 Å². The molecule has 28 heavy (non-hydrogen) atoms. The van der Waals surface area contributed by atoms with Gasteiger partial charge in [-0.05, 0) is 25.1 Å². The Hall–Kier alpha value is -3.45. The monoisotopic (exact) mass is 385 g/mol. The van der Waals surface area contributed by atoms with Crippen LogP contribution in [0, 0.1) is 6.92 Å². The lowest BCUT2D eigenvalue weighted by Gasteiger charge is -2.06. The molecule has 0 unspecified atom stereocenters. The molecule has 0 fully saturated rings. The maximum absolute atomic E-state index is 5.67. The SMILES string of the molecule is COc1cccc2c3nc[nH]c3c3sc(-c4c(C)nn5ccccc45)nc3c12. The zero-order chi connectivity index (χ0) is 18.8. The molecule has 4 aromatic heterocycles. The second-order valence-corrected chi connectivity index (χ2v) is 7.70. The van der Waals surface area contributed by atoms with Gasteiger partial charge in [0.2, 0.25) is 0 Å². The summed E-state index contributed by atoms with van der Waals surface area (Å²) in [6.07, 6.45) is 3.70. The van der Waals surface area contributed by atoms with Crippen molar-refractivity contribution in [2.45, 2.75) is 6.92 Å². The lowest BCUT2D eigenvalue weighted by atomic mass is 10.1. The first-order valence-electron chi connectivity index (χ1n) is 8.93. The molecule has 0 aliphatic heterocycles. The number of nitrogens with zero attached hydrogens (tertiary/aromatic N) is 4. The zero-order valence-corrected chi connectivity index (χ0v) is 16.0. The van der Waals surface area contributed by atoms with Gasteiger partial charge in [0.1, 0.15) is 10.8 Å². The molecule has 0 saturated heterocycles. The van der Waals surface area contributed by atoms with Gasteiger partial charge in [0.15, 0.2) is 0 Å². The first kappa shape index (κ1) is 15.6. The molecule has 0 aliphatic rings. The van der Waals surface area contributed by atoms with Gasteiger partial charge in [-0.1, -0.05) is 18.2 Å². The second kappa shape index (κ2) is 5.53. The van der Waals surface area contributed by atoms with Crippen molar-refractivity contribution in [3.8, 4) is 16.3 Å².